The Hall–Kier alpha value is -0.0400. The summed E-state index contributed by atoms with van der Waals surface area (Å²) in [5.74, 6) is 6.78. The fourth-order valence-corrected chi connectivity index (χ4v) is 5.09. The van der Waals surface area contributed by atoms with Crippen molar-refractivity contribution >= 4 is 0 Å². The molecule has 1 N–H and O–H groups in total. The molecule has 0 saturated heterocycles. The van der Waals surface area contributed by atoms with Gasteiger partial charge >= 0.3 is 0 Å². The predicted molar refractivity (Wildman–Crippen MR) is 98.3 cm³/mol. The summed E-state index contributed by atoms with van der Waals surface area (Å²) < 4.78 is 0. The highest BCUT2D eigenvalue weighted by atomic mass is 16.3. The predicted octanol–water partition coefficient (Wildman–Crippen LogP) is 6.20. The highest BCUT2D eigenvalue weighted by molar-refractivity contribution is 4.98. The normalized spacial score (nSPS) is 39.3. The Kier molecular flexibility index (Phi) is 6.46. The molecule has 0 aliphatic heterocycles. The monoisotopic (exact) mass is 320 g/mol. The summed E-state index contributed by atoms with van der Waals surface area (Å²) in [5.41, 5.74) is 0. The van der Waals surface area contributed by atoms with Gasteiger partial charge in [-0.3, -0.25) is 0 Å². The maximum atomic E-state index is 9.24. The average Bonchev–Trinajstić information content (AvgIpc) is 3.40. The van der Waals surface area contributed by atoms with E-state index >= 15 is 0 Å². The molecule has 1 heteroatoms. The summed E-state index contributed by atoms with van der Waals surface area (Å²) in [7, 11) is 0. The van der Waals surface area contributed by atoms with Crippen molar-refractivity contribution in [1.29, 1.82) is 0 Å². The molecule has 23 heavy (non-hydrogen) atoms. The number of rotatable bonds is 13. The molecule has 3 aliphatic rings. The lowest BCUT2D eigenvalue weighted by atomic mass is 10.0. The topological polar surface area (TPSA) is 20.2 Å². The quantitative estimate of drug-likeness (QED) is 0.401. The molecule has 0 aromatic heterocycles. The largest absolute Gasteiger partial charge is 0.393 e. The molecule has 0 aromatic rings. The third-order valence-electron chi connectivity index (χ3n) is 7.14. The molecular weight excluding hydrogens is 280 g/mol. The SMILES string of the molecule is CCC1CC1CC1CC1CC1CC1CCCCCCCC(C)O. The van der Waals surface area contributed by atoms with Crippen LogP contribution in [0.1, 0.15) is 97.3 Å². The van der Waals surface area contributed by atoms with Gasteiger partial charge in [0.1, 0.15) is 0 Å². The summed E-state index contributed by atoms with van der Waals surface area (Å²) in [5, 5.41) is 9.24. The van der Waals surface area contributed by atoms with E-state index in [2.05, 4.69) is 6.92 Å². The molecule has 134 valence electrons. The number of hydrogen-bond donors (Lipinski definition) is 1. The van der Waals surface area contributed by atoms with Crippen molar-refractivity contribution in [1.82, 2.24) is 0 Å². The number of aliphatic hydroxyl groups excluding tert-OH is 1. The van der Waals surface area contributed by atoms with E-state index in [1.807, 2.05) is 6.92 Å². The molecular formula is C22H40O. The van der Waals surface area contributed by atoms with Crippen LogP contribution in [0.15, 0.2) is 0 Å². The second kappa shape index (κ2) is 8.37. The molecule has 0 heterocycles. The Labute approximate surface area is 144 Å². The molecule has 0 aromatic carbocycles. The molecule has 3 saturated carbocycles. The lowest BCUT2D eigenvalue weighted by Crippen LogP contribution is -1.98. The van der Waals surface area contributed by atoms with Gasteiger partial charge in [-0.2, -0.15) is 0 Å². The average molecular weight is 321 g/mol. The minimum atomic E-state index is -0.0961. The lowest BCUT2D eigenvalue weighted by molar-refractivity contribution is 0.180. The molecule has 3 fully saturated rings. The van der Waals surface area contributed by atoms with E-state index < -0.39 is 0 Å². The minimum absolute atomic E-state index is 0.0961. The van der Waals surface area contributed by atoms with Crippen LogP contribution >= 0.6 is 0 Å². The van der Waals surface area contributed by atoms with Gasteiger partial charge in [-0.25, -0.2) is 0 Å². The first-order chi connectivity index (χ1) is 11.2. The van der Waals surface area contributed by atoms with Crippen molar-refractivity contribution in [2.75, 3.05) is 0 Å². The molecule has 0 radical (unpaired) electrons. The van der Waals surface area contributed by atoms with E-state index in [0.717, 1.165) is 41.9 Å². The molecule has 0 bridgehead atoms. The van der Waals surface area contributed by atoms with Gasteiger partial charge in [0.25, 0.3) is 0 Å². The minimum Gasteiger partial charge on any atom is -0.393 e. The maximum Gasteiger partial charge on any atom is 0.0512 e. The van der Waals surface area contributed by atoms with Gasteiger partial charge in [-0.05, 0) is 81.0 Å². The van der Waals surface area contributed by atoms with Gasteiger partial charge in [0, 0.05) is 0 Å². The Balaban J connectivity index is 1.12. The zero-order valence-electron chi connectivity index (χ0n) is 15.7. The molecule has 3 aliphatic carbocycles. The van der Waals surface area contributed by atoms with E-state index in [9.17, 15) is 5.11 Å². The summed E-state index contributed by atoms with van der Waals surface area (Å²) in [6, 6.07) is 0. The lowest BCUT2D eigenvalue weighted by Gasteiger charge is -2.04. The highest BCUT2D eigenvalue weighted by Gasteiger charge is 2.48. The first-order valence-corrected chi connectivity index (χ1v) is 10.8. The van der Waals surface area contributed by atoms with Crippen molar-refractivity contribution in [3.63, 3.8) is 0 Å². The van der Waals surface area contributed by atoms with Crippen molar-refractivity contribution < 1.29 is 5.11 Å². The fourth-order valence-electron chi connectivity index (χ4n) is 5.09. The smallest absolute Gasteiger partial charge is 0.0512 e. The van der Waals surface area contributed by atoms with E-state index in [1.54, 1.807) is 32.1 Å². The number of unbranched alkanes of at least 4 members (excludes halogenated alkanes) is 4. The van der Waals surface area contributed by atoms with Crippen molar-refractivity contribution in [3.8, 4) is 0 Å². The number of aliphatic hydroxyl groups is 1. The Morgan fingerprint density at radius 1 is 0.739 bits per heavy atom. The van der Waals surface area contributed by atoms with Gasteiger partial charge in [-0.1, -0.05) is 51.9 Å². The first-order valence-electron chi connectivity index (χ1n) is 10.8. The third kappa shape index (κ3) is 6.07. The van der Waals surface area contributed by atoms with Gasteiger partial charge in [0.05, 0.1) is 6.10 Å². The summed E-state index contributed by atoms with van der Waals surface area (Å²) in [4.78, 5) is 0. The third-order valence-corrected chi connectivity index (χ3v) is 7.14. The Bertz CT molecular complexity index is 350. The molecule has 7 unspecified atom stereocenters. The standard InChI is InChI=1S/C22H40O/c1-3-17-11-19(17)13-21-15-22(21)14-20-12-18(20)10-8-6-4-5-7-9-16(2)23/h16-23H,3-15H2,1-2H3. The van der Waals surface area contributed by atoms with Crippen LogP contribution in [-0.4, -0.2) is 11.2 Å². The fraction of sp³-hybridized carbons (Fsp3) is 1.00. The zero-order chi connectivity index (χ0) is 16.2. The van der Waals surface area contributed by atoms with Crippen LogP contribution in [0.25, 0.3) is 0 Å². The van der Waals surface area contributed by atoms with E-state index in [-0.39, 0.29) is 6.10 Å². The van der Waals surface area contributed by atoms with Crippen LogP contribution in [-0.2, 0) is 0 Å². The Morgan fingerprint density at radius 2 is 1.26 bits per heavy atom. The molecule has 3 rings (SSSR count). The Morgan fingerprint density at radius 3 is 1.91 bits per heavy atom. The highest BCUT2D eigenvalue weighted by Crippen LogP contribution is 2.58. The van der Waals surface area contributed by atoms with E-state index in [4.69, 9.17) is 0 Å². The van der Waals surface area contributed by atoms with Crippen LogP contribution in [0.3, 0.4) is 0 Å². The summed E-state index contributed by atoms with van der Waals surface area (Å²) in [6.45, 7) is 4.28. The van der Waals surface area contributed by atoms with Crippen LogP contribution in [0.4, 0.5) is 0 Å². The van der Waals surface area contributed by atoms with Crippen molar-refractivity contribution in [2.24, 2.45) is 35.5 Å². The van der Waals surface area contributed by atoms with Crippen molar-refractivity contribution in [2.45, 2.75) is 103 Å². The van der Waals surface area contributed by atoms with E-state index in [1.165, 1.54) is 44.9 Å². The maximum absolute atomic E-state index is 9.24. The van der Waals surface area contributed by atoms with E-state index in [0.29, 0.717) is 0 Å². The molecule has 1 nitrogen and oxygen atoms in total. The van der Waals surface area contributed by atoms with Crippen LogP contribution < -0.4 is 0 Å². The second-order valence-electron chi connectivity index (χ2n) is 9.34. The van der Waals surface area contributed by atoms with Crippen LogP contribution in [0, 0.1) is 35.5 Å². The first kappa shape index (κ1) is 17.8. The zero-order valence-corrected chi connectivity index (χ0v) is 15.7. The van der Waals surface area contributed by atoms with Gasteiger partial charge in [0.2, 0.25) is 0 Å². The summed E-state index contributed by atoms with van der Waals surface area (Å²) >= 11 is 0. The van der Waals surface area contributed by atoms with Gasteiger partial charge in [-0.15, -0.1) is 0 Å². The van der Waals surface area contributed by atoms with Gasteiger partial charge < -0.3 is 5.11 Å². The van der Waals surface area contributed by atoms with Gasteiger partial charge in [0.15, 0.2) is 0 Å². The summed E-state index contributed by atoms with van der Waals surface area (Å²) in [6.07, 6.45) is 18.5. The van der Waals surface area contributed by atoms with Crippen molar-refractivity contribution in [3.05, 3.63) is 0 Å². The molecule has 7 atom stereocenters. The molecule has 0 spiro atoms. The second-order valence-corrected chi connectivity index (χ2v) is 9.34. The van der Waals surface area contributed by atoms with Crippen LogP contribution in [0.2, 0.25) is 0 Å². The molecule has 0 amide bonds. The van der Waals surface area contributed by atoms with Crippen LogP contribution in [0.5, 0.6) is 0 Å². The number of hydrogen-bond acceptors (Lipinski definition) is 1.